The summed E-state index contributed by atoms with van der Waals surface area (Å²) in [5, 5.41) is 0. The van der Waals surface area contributed by atoms with Crippen LogP contribution in [0.3, 0.4) is 0 Å². The van der Waals surface area contributed by atoms with Gasteiger partial charge in [-0.2, -0.15) is 0 Å². The number of halogens is 2. The van der Waals surface area contributed by atoms with Crippen LogP contribution in [-0.2, 0) is 17.6 Å². The Labute approximate surface area is 154 Å². The number of nitrogens with zero attached hydrogens (tertiary/aromatic N) is 1. The van der Waals surface area contributed by atoms with Gasteiger partial charge in [-0.05, 0) is 55.0 Å². The molecule has 3 rings (SSSR count). The maximum absolute atomic E-state index is 13.4. The van der Waals surface area contributed by atoms with Crippen molar-refractivity contribution in [1.29, 1.82) is 0 Å². The van der Waals surface area contributed by atoms with Crippen LogP contribution in [0.25, 0.3) is 0 Å². The largest absolute Gasteiger partial charge is 0.399 e. The molecule has 0 aromatic heterocycles. The van der Waals surface area contributed by atoms with Gasteiger partial charge < -0.3 is 10.6 Å². The van der Waals surface area contributed by atoms with Gasteiger partial charge in [-0.25, -0.2) is 4.39 Å². The Bertz CT molecular complexity index is 722. The number of nitrogen functional groups attached to an aromatic ring is 1. The van der Waals surface area contributed by atoms with E-state index in [-0.39, 0.29) is 30.2 Å². The van der Waals surface area contributed by atoms with Crippen molar-refractivity contribution in [3.63, 3.8) is 0 Å². The number of carbonyl (C=O) groups excluding carboxylic acids is 1. The summed E-state index contributed by atoms with van der Waals surface area (Å²) in [6.07, 6.45) is 3.84. The molecule has 3 nitrogen and oxygen atoms in total. The molecule has 2 aromatic rings. The van der Waals surface area contributed by atoms with E-state index >= 15 is 0 Å². The molecule has 1 aliphatic rings. The van der Waals surface area contributed by atoms with E-state index < -0.39 is 0 Å². The second-order valence-electron chi connectivity index (χ2n) is 6.42. The second-order valence-corrected chi connectivity index (χ2v) is 6.42. The topological polar surface area (TPSA) is 46.3 Å². The van der Waals surface area contributed by atoms with Crippen LogP contribution in [0.4, 0.5) is 10.1 Å². The first-order chi connectivity index (χ1) is 11.6. The summed E-state index contributed by atoms with van der Waals surface area (Å²) in [5.41, 5.74) is 8.65. The molecular weight excluding hydrogens is 339 g/mol. The van der Waals surface area contributed by atoms with Gasteiger partial charge in [0.05, 0.1) is 0 Å². The van der Waals surface area contributed by atoms with Crippen LogP contribution >= 0.6 is 12.4 Å². The Morgan fingerprint density at radius 1 is 1.20 bits per heavy atom. The highest BCUT2D eigenvalue weighted by molar-refractivity contribution is 5.85. The average Bonchev–Trinajstić information content (AvgIpc) is 3.02. The molecule has 2 aromatic carbocycles. The summed E-state index contributed by atoms with van der Waals surface area (Å²) in [5.74, 6) is -0.0555. The molecular formula is C20H24ClFN2O. The molecule has 0 radical (unpaired) electrons. The van der Waals surface area contributed by atoms with Gasteiger partial charge in [0.25, 0.3) is 0 Å². The quantitative estimate of drug-likeness (QED) is 0.817. The van der Waals surface area contributed by atoms with Crippen molar-refractivity contribution in [2.45, 2.75) is 38.1 Å². The first kappa shape index (κ1) is 19.3. The molecule has 1 aliphatic heterocycles. The lowest BCUT2D eigenvalue weighted by atomic mass is 10.0. The standard InChI is InChI=1S/C20H23FN2O.ClH/c21-17-7-3-5-15(13-17)14-18-8-4-12-23(18)20(24)11-10-16-6-1-2-9-19(16)22;/h1-3,5-7,9,13,18H,4,8,10-12,14,22H2;1H. The first-order valence-electron chi connectivity index (χ1n) is 8.51. The number of hydrogen-bond acceptors (Lipinski definition) is 2. The highest BCUT2D eigenvalue weighted by atomic mass is 35.5. The fourth-order valence-electron chi connectivity index (χ4n) is 3.46. The zero-order valence-electron chi connectivity index (χ0n) is 14.2. The molecule has 1 fully saturated rings. The fraction of sp³-hybridized carbons (Fsp3) is 0.350. The van der Waals surface area contributed by atoms with Crippen LogP contribution in [0.5, 0.6) is 0 Å². The molecule has 1 unspecified atom stereocenters. The minimum absolute atomic E-state index is 0. The Balaban J connectivity index is 0.00000225. The number of likely N-dealkylation sites (tertiary alicyclic amines) is 1. The summed E-state index contributed by atoms with van der Waals surface area (Å²) in [4.78, 5) is 14.6. The van der Waals surface area contributed by atoms with Crippen molar-refractivity contribution in [2.24, 2.45) is 0 Å². The van der Waals surface area contributed by atoms with Gasteiger partial charge in [0.1, 0.15) is 5.82 Å². The number of carbonyl (C=O) groups is 1. The van der Waals surface area contributed by atoms with Crippen LogP contribution in [0.1, 0.15) is 30.4 Å². The van der Waals surface area contributed by atoms with Crippen LogP contribution in [0.2, 0.25) is 0 Å². The Hall–Kier alpha value is -2.07. The Morgan fingerprint density at radius 3 is 2.76 bits per heavy atom. The highest BCUT2D eigenvalue weighted by Gasteiger charge is 2.28. The van der Waals surface area contributed by atoms with E-state index in [0.717, 1.165) is 42.6 Å². The van der Waals surface area contributed by atoms with Gasteiger partial charge in [-0.3, -0.25) is 4.79 Å². The number of amides is 1. The van der Waals surface area contributed by atoms with E-state index in [1.807, 2.05) is 35.2 Å². The van der Waals surface area contributed by atoms with Crippen molar-refractivity contribution in [2.75, 3.05) is 12.3 Å². The van der Waals surface area contributed by atoms with E-state index in [4.69, 9.17) is 5.73 Å². The minimum Gasteiger partial charge on any atom is -0.399 e. The average molecular weight is 363 g/mol. The second kappa shape index (κ2) is 8.86. The molecule has 25 heavy (non-hydrogen) atoms. The molecule has 0 saturated carbocycles. The molecule has 1 atom stereocenters. The third-order valence-electron chi connectivity index (χ3n) is 4.72. The summed E-state index contributed by atoms with van der Waals surface area (Å²) in [7, 11) is 0. The Kier molecular flexibility index (Phi) is 6.82. The number of rotatable bonds is 5. The summed E-state index contributed by atoms with van der Waals surface area (Å²) in [6, 6.07) is 14.5. The third kappa shape index (κ3) is 4.95. The van der Waals surface area contributed by atoms with Crippen molar-refractivity contribution < 1.29 is 9.18 Å². The van der Waals surface area contributed by atoms with E-state index in [1.165, 1.54) is 6.07 Å². The minimum atomic E-state index is -0.220. The van der Waals surface area contributed by atoms with Gasteiger partial charge in [-0.1, -0.05) is 30.3 Å². The molecule has 1 amide bonds. The predicted octanol–water partition coefficient (Wildman–Crippen LogP) is 4.00. The number of hydrogen-bond donors (Lipinski definition) is 1. The summed E-state index contributed by atoms with van der Waals surface area (Å²) < 4.78 is 13.4. The molecule has 0 bridgehead atoms. The molecule has 0 spiro atoms. The monoisotopic (exact) mass is 362 g/mol. The molecule has 2 N–H and O–H groups in total. The highest BCUT2D eigenvalue weighted by Crippen LogP contribution is 2.23. The molecule has 5 heteroatoms. The van der Waals surface area contributed by atoms with E-state index in [1.54, 1.807) is 12.1 Å². The Morgan fingerprint density at radius 2 is 2.00 bits per heavy atom. The van der Waals surface area contributed by atoms with Gasteiger partial charge in [0.2, 0.25) is 5.91 Å². The normalized spacial score (nSPS) is 16.5. The lowest BCUT2D eigenvalue weighted by Crippen LogP contribution is -2.37. The van der Waals surface area contributed by atoms with Crippen LogP contribution in [0, 0.1) is 5.82 Å². The van der Waals surface area contributed by atoms with Gasteiger partial charge >= 0.3 is 0 Å². The van der Waals surface area contributed by atoms with Crippen molar-refractivity contribution in [3.05, 3.63) is 65.5 Å². The smallest absolute Gasteiger partial charge is 0.223 e. The number of aryl methyl sites for hydroxylation is 1. The number of anilines is 1. The summed E-state index contributed by atoms with van der Waals surface area (Å²) >= 11 is 0. The molecule has 1 saturated heterocycles. The number of nitrogens with two attached hydrogens (primary N) is 1. The van der Waals surface area contributed by atoms with Crippen molar-refractivity contribution >= 4 is 24.0 Å². The van der Waals surface area contributed by atoms with Crippen molar-refractivity contribution in [3.8, 4) is 0 Å². The van der Waals surface area contributed by atoms with Crippen LogP contribution in [0.15, 0.2) is 48.5 Å². The molecule has 1 heterocycles. The van der Waals surface area contributed by atoms with Crippen LogP contribution < -0.4 is 5.73 Å². The number of para-hydroxylation sites is 1. The van der Waals surface area contributed by atoms with Gasteiger partial charge in [0, 0.05) is 24.7 Å². The number of benzene rings is 2. The first-order valence-corrected chi connectivity index (χ1v) is 8.51. The van der Waals surface area contributed by atoms with E-state index in [9.17, 15) is 9.18 Å². The zero-order chi connectivity index (χ0) is 16.9. The van der Waals surface area contributed by atoms with Crippen molar-refractivity contribution in [1.82, 2.24) is 4.90 Å². The maximum Gasteiger partial charge on any atom is 0.223 e. The lowest BCUT2D eigenvalue weighted by molar-refractivity contribution is -0.131. The SMILES string of the molecule is Cl.Nc1ccccc1CCC(=O)N1CCCC1Cc1cccc(F)c1. The predicted molar refractivity (Wildman–Crippen MR) is 101 cm³/mol. The lowest BCUT2D eigenvalue weighted by Gasteiger charge is -2.25. The fourth-order valence-corrected chi connectivity index (χ4v) is 3.46. The van der Waals surface area contributed by atoms with E-state index in [0.29, 0.717) is 12.8 Å². The zero-order valence-corrected chi connectivity index (χ0v) is 15.0. The molecule has 134 valence electrons. The molecule has 0 aliphatic carbocycles. The third-order valence-corrected chi connectivity index (χ3v) is 4.72. The van der Waals surface area contributed by atoms with Gasteiger partial charge in [0.15, 0.2) is 0 Å². The van der Waals surface area contributed by atoms with Crippen LogP contribution in [-0.4, -0.2) is 23.4 Å². The summed E-state index contributed by atoms with van der Waals surface area (Å²) in [6.45, 7) is 0.795. The maximum atomic E-state index is 13.4. The van der Waals surface area contributed by atoms with Gasteiger partial charge in [-0.15, -0.1) is 12.4 Å². The van der Waals surface area contributed by atoms with E-state index in [2.05, 4.69) is 0 Å².